The summed E-state index contributed by atoms with van der Waals surface area (Å²) in [6, 6.07) is 5.76. The van der Waals surface area contributed by atoms with E-state index in [1.165, 1.54) is 18.2 Å². The third kappa shape index (κ3) is 2.25. The number of aliphatic carboxylic acids is 1. The van der Waals surface area contributed by atoms with E-state index in [1.54, 1.807) is 6.07 Å². The third-order valence-corrected chi connectivity index (χ3v) is 2.87. The second-order valence-corrected chi connectivity index (χ2v) is 4.12. The lowest BCUT2D eigenvalue weighted by atomic mass is 9.98. The summed E-state index contributed by atoms with van der Waals surface area (Å²) < 4.78 is 5.09. The van der Waals surface area contributed by atoms with Gasteiger partial charge in [-0.05, 0) is 6.07 Å². The number of carboxylic acids is 1. The zero-order valence-corrected chi connectivity index (χ0v) is 9.46. The molecule has 0 spiro atoms. The number of hydrogen-bond acceptors (Lipinski definition) is 5. The Labute approximate surface area is 103 Å². The molecule has 1 aromatic rings. The highest BCUT2D eigenvalue weighted by atomic mass is 16.6. The second kappa shape index (κ2) is 4.61. The quantitative estimate of drug-likeness (QED) is 0.617. The van der Waals surface area contributed by atoms with E-state index in [-0.39, 0.29) is 12.3 Å². The van der Waals surface area contributed by atoms with Crippen LogP contribution in [0, 0.1) is 10.1 Å². The molecule has 96 valence electrons. The summed E-state index contributed by atoms with van der Waals surface area (Å²) in [5.41, 5.74) is -0.883. The molecule has 1 aromatic carbocycles. The first kappa shape index (κ1) is 12.3. The number of rotatable bonds is 4. The van der Waals surface area contributed by atoms with E-state index < -0.39 is 16.4 Å². The lowest BCUT2D eigenvalue weighted by Crippen LogP contribution is -2.47. The molecule has 18 heavy (non-hydrogen) atoms. The minimum atomic E-state index is -1.20. The molecule has 2 rings (SSSR count). The van der Waals surface area contributed by atoms with Crippen molar-refractivity contribution < 1.29 is 19.6 Å². The topological polar surface area (TPSA) is 102 Å². The van der Waals surface area contributed by atoms with Gasteiger partial charge in [-0.1, -0.05) is 6.07 Å². The van der Waals surface area contributed by atoms with Gasteiger partial charge in [-0.2, -0.15) is 0 Å². The molecule has 1 unspecified atom stereocenters. The van der Waals surface area contributed by atoms with Crippen molar-refractivity contribution in [1.29, 1.82) is 0 Å². The van der Waals surface area contributed by atoms with E-state index in [9.17, 15) is 20.0 Å². The van der Waals surface area contributed by atoms with Gasteiger partial charge in [-0.15, -0.1) is 0 Å². The maximum absolute atomic E-state index is 11.3. The van der Waals surface area contributed by atoms with E-state index in [0.717, 1.165) is 0 Å². The number of ether oxygens (including phenoxy) is 1. The average molecular weight is 252 g/mol. The van der Waals surface area contributed by atoms with Crippen LogP contribution in [0.4, 0.5) is 11.4 Å². The number of anilines is 1. The van der Waals surface area contributed by atoms with E-state index in [4.69, 9.17) is 4.74 Å². The first-order valence-electron chi connectivity index (χ1n) is 5.37. The molecule has 1 saturated heterocycles. The summed E-state index contributed by atoms with van der Waals surface area (Å²) in [6.07, 6.45) is 0.324. The van der Waals surface area contributed by atoms with Crippen LogP contribution in [0.5, 0.6) is 0 Å². The molecule has 1 fully saturated rings. The first-order chi connectivity index (χ1) is 8.53. The molecule has 1 aliphatic heterocycles. The van der Waals surface area contributed by atoms with Gasteiger partial charge >= 0.3 is 5.97 Å². The first-order valence-corrected chi connectivity index (χ1v) is 5.37. The molecular formula is C11H12N2O5. The molecule has 7 heteroatoms. The molecule has 0 aromatic heterocycles. The Morgan fingerprint density at radius 3 is 2.89 bits per heavy atom. The Morgan fingerprint density at radius 1 is 1.56 bits per heavy atom. The Balaban J connectivity index is 2.24. The SMILES string of the molecule is O=C(O)C1(Nc2cccc([N+](=O)[O-])c2)CCOC1. The number of nitrogens with one attached hydrogen (secondary N) is 1. The summed E-state index contributed by atoms with van der Waals surface area (Å²) in [5.74, 6) is -1.02. The number of nitrogens with zero attached hydrogens (tertiary/aromatic N) is 1. The van der Waals surface area contributed by atoms with Gasteiger partial charge in [-0.3, -0.25) is 10.1 Å². The van der Waals surface area contributed by atoms with E-state index in [0.29, 0.717) is 18.7 Å². The predicted octanol–water partition coefficient (Wildman–Crippen LogP) is 1.25. The zero-order chi connectivity index (χ0) is 13.2. The largest absolute Gasteiger partial charge is 0.479 e. The smallest absolute Gasteiger partial charge is 0.331 e. The molecule has 7 nitrogen and oxygen atoms in total. The van der Waals surface area contributed by atoms with Crippen molar-refractivity contribution in [3.63, 3.8) is 0 Å². The van der Waals surface area contributed by atoms with E-state index >= 15 is 0 Å². The highest BCUT2D eigenvalue weighted by Gasteiger charge is 2.42. The molecule has 1 atom stereocenters. The van der Waals surface area contributed by atoms with Crippen molar-refractivity contribution in [3.8, 4) is 0 Å². The summed E-state index contributed by atoms with van der Waals surface area (Å²) in [6.45, 7) is 0.402. The standard InChI is InChI=1S/C11H12N2O5/c14-10(15)11(4-5-18-7-11)12-8-2-1-3-9(6-8)13(16)17/h1-3,6,12H,4-5,7H2,(H,14,15). The molecule has 0 bridgehead atoms. The van der Waals surface area contributed by atoms with Crippen LogP contribution in [0.3, 0.4) is 0 Å². The molecule has 0 saturated carbocycles. The lowest BCUT2D eigenvalue weighted by Gasteiger charge is -2.24. The van der Waals surface area contributed by atoms with Gasteiger partial charge in [0, 0.05) is 30.8 Å². The monoisotopic (exact) mass is 252 g/mol. The van der Waals surface area contributed by atoms with Gasteiger partial charge in [0.05, 0.1) is 11.5 Å². The molecule has 1 heterocycles. The second-order valence-electron chi connectivity index (χ2n) is 4.12. The van der Waals surface area contributed by atoms with Crippen LogP contribution in [0.1, 0.15) is 6.42 Å². The molecule has 2 N–H and O–H groups in total. The molecule has 1 aliphatic rings. The van der Waals surface area contributed by atoms with Crippen molar-refractivity contribution in [2.45, 2.75) is 12.0 Å². The number of nitro groups is 1. The number of carboxylic acid groups (broad SMARTS) is 1. The van der Waals surface area contributed by atoms with Crippen LogP contribution in [0.15, 0.2) is 24.3 Å². The summed E-state index contributed by atoms with van der Waals surface area (Å²) in [7, 11) is 0. The van der Waals surface area contributed by atoms with Gasteiger partial charge in [0.2, 0.25) is 0 Å². The van der Waals surface area contributed by atoms with Crippen LogP contribution in [-0.4, -0.2) is 34.8 Å². The van der Waals surface area contributed by atoms with Crippen molar-refractivity contribution in [2.24, 2.45) is 0 Å². The van der Waals surface area contributed by atoms with Gasteiger partial charge in [0.25, 0.3) is 5.69 Å². The average Bonchev–Trinajstić information content (AvgIpc) is 2.79. The van der Waals surface area contributed by atoms with Gasteiger partial charge in [-0.25, -0.2) is 4.79 Å². The number of nitro benzene ring substituents is 1. The van der Waals surface area contributed by atoms with Crippen LogP contribution < -0.4 is 5.32 Å². The van der Waals surface area contributed by atoms with Crippen molar-refractivity contribution in [2.75, 3.05) is 18.5 Å². The summed E-state index contributed by atoms with van der Waals surface area (Å²) >= 11 is 0. The van der Waals surface area contributed by atoms with Gasteiger partial charge < -0.3 is 15.2 Å². The lowest BCUT2D eigenvalue weighted by molar-refractivity contribution is -0.384. The predicted molar refractivity (Wildman–Crippen MR) is 62.5 cm³/mol. The van der Waals surface area contributed by atoms with Crippen LogP contribution in [-0.2, 0) is 9.53 Å². The van der Waals surface area contributed by atoms with E-state index in [1.807, 2.05) is 0 Å². The van der Waals surface area contributed by atoms with Crippen molar-refractivity contribution in [3.05, 3.63) is 34.4 Å². The Kier molecular flexibility index (Phi) is 3.15. The Hall–Kier alpha value is -2.15. The molecular weight excluding hydrogens is 240 g/mol. The van der Waals surface area contributed by atoms with Crippen LogP contribution >= 0.6 is 0 Å². The van der Waals surface area contributed by atoms with Crippen molar-refractivity contribution >= 4 is 17.3 Å². The third-order valence-electron chi connectivity index (χ3n) is 2.87. The number of non-ortho nitro benzene ring substituents is 1. The van der Waals surface area contributed by atoms with Gasteiger partial charge in [0.15, 0.2) is 5.54 Å². The van der Waals surface area contributed by atoms with Crippen LogP contribution in [0.25, 0.3) is 0 Å². The highest BCUT2D eigenvalue weighted by molar-refractivity contribution is 5.83. The Bertz CT molecular complexity index is 482. The normalized spacial score (nSPS) is 22.7. The van der Waals surface area contributed by atoms with Crippen molar-refractivity contribution in [1.82, 2.24) is 0 Å². The molecule has 0 amide bonds. The number of benzene rings is 1. The van der Waals surface area contributed by atoms with Crippen LogP contribution in [0.2, 0.25) is 0 Å². The fourth-order valence-corrected chi connectivity index (χ4v) is 1.86. The van der Waals surface area contributed by atoms with E-state index in [2.05, 4.69) is 5.32 Å². The summed E-state index contributed by atoms with van der Waals surface area (Å²) in [4.78, 5) is 21.4. The highest BCUT2D eigenvalue weighted by Crippen LogP contribution is 2.26. The summed E-state index contributed by atoms with van der Waals surface area (Å²) in [5, 5.41) is 22.7. The maximum Gasteiger partial charge on any atom is 0.331 e. The Morgan fingerprint density at radius 2 is 2.33 bits per heavy atom. The fourth-order valence-electron chi connectivity index (χ4n) is 1.86. The molecule has 0 aliphatic carbocycles. The maximum atomic E-state index is 11.3. The molecule has 0 radical (unpaired) electrons. The number of carbonyl (C=O) groups is 1. The number of hydrogen-bond donors (Lipinski definition) is 2. The minimum absolute atomic E-state index is 0.0467. The fraction of sp³-hybridized carbons (Fsp3) is 0.364. The zero-order valence-electron chi connectivity index (χ0n) is 9.46. The minimum Gasteiger partial charge on any atom is -0.479 e. The van der Waals surface area contributed by atoms with Gasteiger partial charge in [0.1, 0.15) is 0 Å².